The molecule has 1 fully saturated rings. The van der Waals surface area contributed by atoms with Gasteiger partial charge in [0.2, 0.25) is 0 Å². The van der Waals surface area contributed by atoms with E-state index in [-0.39, 0.29) is 11.6 Å². The molecule has 25 heavy (non-hydrogen) atoms. The monoisotopic (exact) mass is 349 g/mol. The maximum Gasteiger partial charge on any atom is 0.433 e. The minimum atomic E-state index is -4.50. The first-order valence-electron chi connectivity index (χ1n) is 7.72. The molecule has 0 unspecified atom stereocenters. The summed E-state index contributed by atoms with van der Waals surface area (Å²) >= 11 is 0. The molecule has 0 atom stereocenters. The molecule has 1 aliphatic rings. The molecule has 0 radical (unpaired) electrons. The maximum absolute atomic E-state index is 13.1. The van der Waals surface area contributed by atoms with E-state index in [0.717, 1.165) is 36.2 Å². The van der Waals surface area contributed by atoms with Gasteiger partial charge in [0, 0.05) is 5.56 Å². The highest BCUT2D eigenvalue weighted by Crippen LogP contribution is 2.38. The molecular weight excluding hydrogens is 335 g/mol. The number of hydrogen-bond acceptors (Lipinski definition) is 5. The van der Waals surface area contributed by atoms with Crippen molar-refractivity contribution in [1.82, 2.24) is 19.9 Å². The van der Waals surface area contributed by atoms with Gasteiger partial charge >= 0.3 is 6.18 Å². The van der Waals surface area contributed by atoms with E-state index in [9.17, 15) is 13.2 Å². The highest BCUT2D eigenvalue weighted by Gasteiger charge is 2.39. The lowest BCUT2D eigenvalue weighted by atomic mass is 9.77. The number of rotatable bonds is 3. The van der Waals surface area contributed by atoms with E-state index < -0.39 is 17.4 Å². The highest BCUT2D eigenvalue weighted by atomic mass is 19.4. The van der Waals surface area contributed by atoms with Gasteiger partial charge in [0.25, 0.3) is 5.89 Å². The Morgan fingerprint density at radius 1 is 1.20 bits per heavy atom. The van der Waals surface area contributed by atoms with Crippen molar-refractivity contribution in [2.45, 2.75) is 31.0 Å². The third-order valence-corrected chi connectivity index (χ3v) is 4.39. The third kappa shape index (κ3) is 2.70. The molecule has 2 heterocycles. The lowest BCUT2D eigenvalue weighted by Gasteiger charge is -2.34. The van der Waals surface area contributed by atoms with Crippen molar-refractivity contribution in [2.75, 3.05) is 0 Å². The first-order valence-corrected chi connectivity index (χ1v) is 7.72. The van der Waals surface area contributed by atoms with Crippen molar-refractivity contribution in [3.63, 3.8) is 0 Å². The third-order valence-electron chi connectivity index (χ3n) is 4.39. The summed E-state index contributed by atoms with van der Waals surface area (Å²) in [4.78, 5) is 4.31. The molecule has 0 aliphatic heterocycles. The normalized spacial score (nSPS) is 16.6. The second-order valence-electron chi connectivity index (χ2n) is 6.11. The van der Waals surface area contributed by atoms with E-state index in [1.807, 2.05) is 0 Å². The summed E-state index contributed by atoms with van der Waals surface area (Å²) in [5, 5.41) is 7.69. The SMILES string of the molecule is NC1(c2noc(-c3cccc(-n4nccc4C(F)(F)F)c3)n2)CCC1. The molecule has 3 aromatic rings. The molecule has 0 amide bonds. The molecule has 0 bridgehead atoms. The van der Waals surface area contributed by atoms with Gasteiger partial charge in [0.15, 0.2) is 5.82 Å². The fraction of sp³-hybridized carbons (Fsp3) is 0.312. The van der Waals surface area contributed by atoms with Crippen LogP contribution in [-0.4, -0.2) is 19.9 Å². The van der Waals surface area contributed by atoms with Crippen molar-refractivity contribution in [3.05, 3.63) is 48.0 Å². The van der Waals surface area contributed by atoms with Crippen LogP contribution in [0.4, 0.5) is 13.2 Å². The van der Waals surface area contributed by atoms with E-state index >= 15 is 0 Å². The lowest BCUT2D eigenvalue weighted by molar-refractivity contribution is -0.142. The number of halogens is 3. The number of nitrogens with two attached hydrogens (primary N) is 1. The first kappa shape index (κ1) is 15.8. The van der Waals surface area contributed by atoms with Gasteiger partial charge in [-0.25, -0.2) is 4.68 Å². The van der Waals surface area contributed by atoms with Gasteiger partial charge in [-0.2, -0.15) is 23.3 Å². The Balaban J connectivity index is 1.70. The summed E-state index contributed by atoms with van der Waals surface area (Å²) in [6, 6.07) is 7.26. The van der Waals surface area contributed by atoms with Crippen LogP contribution in [0.2, 0.25) is 0 Å². The van der Waals surface area contributed by atoms with E-state index in [2.05, 4.69) is 15.2 Å². The maximum atomic E-state index is 13.1. The zero-order valence-electron chi connectivity index (χ0n) is 13.0. The minimum Gasteiger partial charge on any atom is -0.334 e. The second kappa shape index (κ2) is 5.41. The predicted octanol–water partition coefficient (Wildman–Crippen LogP) is 3.28. The molecule has 6 nitrogen and oxygen atoms in total. The van der Waals surface area contributed by atoms with E-state index in [1.165, 1.54) is 12.1 Å². The summed E-state index contributed by atoms with van der Waals surface area (Å²) in [5.74, 6) is 0.642. The number of aromatic nitrogens is 4. The standard InChI is InChI=1S/C16H14F3N5O/c17-16(18,19)12-5-8-21-24(12)11-4-1-3-10(9-11)13-22-14(23-25-13)15(20)6-2-7-15/h1,3-5,8-9H,2,6-7,20H2. The van der Waals surface area contributed by atoms with Crippen molar-refractivity contribution in [1.29, 1.82) is 0 Å². The van der Waals surface area contributed by atoms with Gasteiger partial charge in [0.1, 0.15) is 5.69 Å². The summed E-state index contributed by atoms with van der Waals surface area (Å²) in [6.45, 7) is 0. The largest absolute Gasteiger partial charge is 0.433 e. The van der Waals surface area contributed by atoms with Crippen LogP contribution in [0.15, 0.2) is 41.1 Å². The van der Waals surface area contributed by atoms with Crippen LogP contribution in [0.5, 0.6) is 0 Å². The topological polar surface area (TPSA) is 82.8 Å². The lowest BCUT2D eigenvalue weighted by Crippen LogP contribution is -2.44. The van der Waals surface area contributed by atoms with Crippen LogP contribution in [0, 0.1) is 0 Å². The average molecular weight is 349 g/mol. The Labute approximate surface area is 140 Å². The fourth-order valence-corrected chi connectivity index (χ4v) is 2.82. The summed E-state index contributed by atoms with van der Waals surface area (Å²) < 4.78 is 45.2. The van der Waals surface area contributed by atoms with E-state index in [0.29, 0.717) is 11.4 Å². The van der Waals surface area contributed by atoms with Gasteiger partial charge in [-0.3, -0.25) is 0 Å². The number of benzene rings is 1. The van der Waals surface area contributed by atoms with Crippen LogP contribution < -0.4 is 5.73 Å². The Morgan fingerprint density at radius 3 is 2.68 bits per heavy atom. The summed E-state index contributed by atoms with van der Waals surface area (Å²) in [6.07, 6.45) is -0.812. The smallest absolute Gasteiger partial charge is 0.334 e. The molecular formula is C16H14F3N5O. The average Bonchev–Trinajstić information content (AvgIpc) is 3.21. The van der Waals surface area contributed by atoms with Crippen molar-refractivity contribution >= 4 is 0 Å². The van der Waals surface area contributed by atoms with Crippen LogP contribution in [0.25, 0.3) is 17.1 Å². The molecule has 0 saturated heterocycles. The Hall–Kier alpha value is -2.68. The molecule has 2 aromatic heterocycles. The highest BCUT2D eigenvalue weighted by molar-refractivity contribution is 5.57. The Kier molecular flexibility index (Phi) is 3.43. The molecule has 1 saturated carbocycles. The molecule has 1 aliphatic carbocycles. The molecule has 4 rings (SSSR count). The van der Waals surface area contributed by atoms with E-state index in [1.54, 1.807) is 12.1 Å². The minimum absolute atomic E-state index is 0.217. The zero-order chi connectivity index (χ0) is 17.7. The Bertz CT molecular complexity index is 910. The first-order chi connectivity index (χ1) is 11.9. The molecule has 130 valence electrons. The zero-order valence-corrected chi connectivity index (χ0v) is 13.0. The van der Waals surface area contributed by atoms with Crippen LogP contribution in [0.3, 0.4) is 0 Å². The van der Waals surface area contributed by atoms with Crippen LogP contribution >= 0.6 is 0 Å². The quantitative estimate of drug-likeness (QED) is 0.785. The predicted molar refractivity (Wildman–Crippen MR) is 81.6 cm³/mol. The summed E-state index contributed by atoms with van der Waals surface area (Å²) in [5.41, 5.74) is 5.50. The second-order valence-corrected chi connectivity index (χ2v) is 6.11. The van der Waals surface area contributed by atoms with Gasteiger partial charge in [-0.15, -0.1) is 0 Å². The molecule has 2 N–H and O–H groups in total. The molecule has 0 spiro atoms. The van der Waals surface area contributed by atoms with Crippen LogP contribution in [0.1, 0.15) is 30.8 Å². The fourth-order valence-electron chi connectivity index (χ4n) is 2.82. The summed E-state index contributed by atoms with van der Waals surface area (Å²) in [7, 11) is 0. The number of alkyl halides is 3. The van der Waals surface area contributed by atoms with Gasteiger partial charge < -0.3 is 10.3 Å². The van der Waals surface area contributed by atoms with Gasteiger partial charge in [0.05, 0.1) is 17.4 Å². The number of hydrogen-bond donors (Lipinski definition) is 1. The van der Waals surface area contributed by atoms with Crippen molar-refractivity contribution < 1.29 is 17.7 Å². The van der Waals surface area contributed by atoms with Crippen LogP contribution in [-0.2, 0) is 11.7 Å². The van der Waals surface area contributed by atoms with Gasteiger partial charge in [-0.05, 0) is 43.5 Å². The Morgan fingerprint density at radius 2 is 2.00 bits per heavy atom. The van der Waals surface area contributed by atoms with Crippen molar-refractivity contribution in [3.8, 4) is 17.1 Å². The van der Waals surface area contributed by atoms with Gasteiger partial charge in [-0.1, -0.05) is 11.2 Å². The van der Waals surface area contributed by atoms with E-state index in [4.69, 9.17) is 10.3 Å². The molecule has 1 aromatic carbocycles. The number of nitrogens with zero attached hydrogens (tertiary/aromatic N) is 4. The van der Waals surface area contributed by atoms with Crippen molar-refractivity contribution in [2.24, 2.45) is 5.73 Å². The molecule has 9 heteroatoms.